The van der Waals surface area contributed by atoms with Crippen molar-refractivity contribution in [2.24, 2.45) is 0 Å². The minimum absolute atomic E-state index is 0.170. The number of amidine groups is 1. The molecule has 0 heterocycles. The van der Waals surface area contributed by atoms with E-state index in [1.54, 1.807) is 6.92 Å². The molecular weight excluding hydrogens is 164 g/mol. The lowest BCUT2D eigenvalue weighted by atomic mass is 10.1. The summed E-state index contributed by atoms with van der Waals surface area (Å²) in [5.41, 5.74) is 1.79. The third kappa shape index (κ3) is 7.28. The van der Waals surface area contributed by atoms with E-state index in [1.807, 2.05) is 13.0 Å². The van der Waals surface area contributed by atoms with Crippen LogP contribution in [0, 0.1) is 0 Å². The fourth-order valence-corrected chi connectivity index (χ4v) is 1.01. The Morgan fingerprint density at radius 1 is 1.54 bits per heavy atom. The van der Waals surface area contributed by atoms with Gasteiger partial charge >= 0.3 is 0 Å². The van der Waals surface area contributed by atoms with E-state index in [4.69, 9.17) is 10.5 Å². The van der Waals surface area contributed by atoms with Crippen molar-refractivity contribution in [2.45, 2.75) is 26.7 Å². The van der Waals surface area contributed by atoms with Crippen molar-refractivity contribution in [3.8, 4) is 0 Å². The van der Waals surface area contributed by atoms with Gasteiger partial charge in [0.1, 0.15) is 0 Å². The molecule has 0 spiro atoms. The van der Waals surface area contributed by atoms with Gasteiger partial charge in [0.05, 0.1) is 0 Å². The normalized spacial score (nSPS) is 11.2. The van der Waals surface area contributed by atoms with Crippen LogP contribution in [0.3, 0.4) is 0 Å². The van der Waals surface area contributed by atoms with Crippen LogP contribution in [0.25, 0.3) is 5.41 Å². The van der Waals surface area contributed by atoms with Gasteiger partial charge < -0.3 is 15.8 Å². The first-order chi connectivity index (χ1) is 6.06. The summed E-state index contributed by atoms with van der Waals surface area (Å²) < 4.78 is 0. The summed E-state index contributed by atoms with van der Waals surface area (Å²) in [4.78, 5) is 0. The molecule has 3 nitrogen and oxygen atoms in total. The van der Waals surface area contributed by atoms with E-state index in [1.165, 1.54) is 0 Å². The molecule has 0 aromatic heterocycles. The van der Waals surface area contributed by atoms with Crippen molar-refractivity contribution in [2.75, 3.05) is 6.61 Å². The molecule has 0 aromatic carbocycles. The highest BCUT2D eigenvalue weighted by Crippen LogP contribution is 2.05. The molecule has 0 atom stereocenters. The number of aliphatic hydroxyl groups excluding tert-OH is 1. The first kappa shape index (κ1) is 11.9. The summed E-state index contributed by atoms with van der Waals surface area (Å²) in [5.74, 6) is 0.170. The summed E-state index contributed by atoms with van der Waals surface area (Å²) in [6.07, 6.45) is 3.36. The highest BCUT2D eigenvalue weighted by molar-refractivity contribution is 5.84. The molecule has 0 saturated heterocycles. The Hall–Kier alpha value is -1.09. The van der Waals surface area contributed by atoms with Crippen LogP contribution in [0.2, 0.25) is 0 Å². The van der Waals surface area contributed by atoms with E-state index in [2.05, 4.69) is 11.9 Å². The highest BCUT2D eigenvalue weighted by Gasteiger charge is 1.89. The third-order valence-electron chi connectivity index (χ3n) is 1.45. The standard InChI is InChI=1S/C10H17N2O/c1-8(5-4-6-13)7-9(2)12-10(3)11/h7,13H,1,4-6H2,2-3H3,(H-,11,12)/q-1/b9-7+. The molecule has 0 amide bonds. The predicted octanol–water partition coefficient (Wildman–Crippen LogP) is 1.80. The van der Waals surface area contributed by atoms with E-state index >= 15 is 0 Å². The van der Waals surface area contributed by atoms with Crippen LogP contribution >= 0.6 is 0 Å². The smallest absolute Gasteiger partial charge is 0.0434 e. The Morgan fingerprint density at radius 3 is 2.62 bits per heavy atom. The van der Waals surface area contributed by atoms with Gasteiger partial charge in [-0.25, -0.2) is 0 Å². The van der Waals surface area contributed by atoms with E-state index < -0.39 is 0 Å². The second kappa shape index (κ2) is 6.43. The van der Waals surface area contributed by atoms with Crippen molar-refractivity contribution >= 4 is 5.84 Å². The van der Waals surface area contributed by atoms with Gasteiger partial charge in [0.25, 0.3) is 0 Å². The van der Waals surface area contributed by atoms with Crippen LogP contribution in [0.4, 0.5) is 0 Å². The molecular formula is C10H17N2O-. The van der Waals surface area contributed by atoms with Crippen molar-refractivity contribution in [3.63, 3.8) is 0 Å². The second-order valence-electron chi connectivity index (χ2n) is 3.02. The zero-order chi connectivity index (χ0) is 10.3. The lowest BCUT2D eigenvalue weighted by molar-refractivity contribution is 0.289. The molecule has 74 valence electrons. The van der Waals surface area contributed by atoms with Crippen LogP contribution in [0.1, 0.15) is 26.7 Å². The average molecular weight is 181 g/mol. The van der Waals surface area contributed by atoms with Gasteiger partial charge in [-0.15, -0.1) is 0 Å². The molecule has 0 rings (SSSR count). The van der Waals surface area contributed by atoms with Crippen molar-refractivity contribution in [1.82, 2.24) is 5.32 Å². The van der Waals surface area contributed by atoms with Crippen molar-refractivity contribution < 1.29 is 5.11 Å². The van der Waals surface area contributed by atoms with E-state index in [0.29, 0.717) is 0 Å². The first-order valence-electron chi connectivity index (χ1n) is 4.32. The van der Waals surface area contributed by atoms with Crippen molar-refractivity contribution in [1.29, 1.82) is 0 Å². The number of nitrogens with one attached hydrogen (secondary N) is 1. The summed E-state index contributed by atoms with van der Waals surface area (Å²) in [6, 6.07) is 0. The van der Waals surface area contributed by atoms with E-state index in [9.17, 15) is 0 Å². The molecule has 2 N–H and O–H groups in total. The molecule has 0 bridgehead atoms. The quantitative estimate of drug-likeness (QED) is 0.386. The number of rotatable bonds is 5. The van der Waals surface area contributed by atoms with Crippen molar-refractivity contribution in [3.05, 3.63) is 29.3 Å². The molecule has 13 heavy (non-hydrogen) atoms. The first-order valence-corrected chi connectivity index (χ1v) is 4.32. The highest BCUT2D eigenvalue weighted by atomic mass is 16.2. The maximum absolute atomic E-state index is 8.91. The Labute approximate surface area is 79.7 Å². The topological polar surface area (TPSA) is 54.6 Å². The molecule has 0 aliphatic heterocycles. The zero-order valence-corrected chi connectivity index (χ0v) is 8.30. The van der Waals surface area contributed by atoms with Crippen LogP contribution < -0.4 is 5.32 Å². The van der Waals surface area contributed by atoms with Crippen LogP contribution in [0.5, 0.6) is 0 Å². The number of nitrogens with zero attached hydrogens (tertiary/aromatic N) is 1. The minimum Gasteiger partial charge on any atom is -0.469 e. The number of hydrogen-bond acceptors (Lipinski definition) is 1. The summed E-state index contributed by atoms with van der Waals surface area (Å²) in [7, 11) is 0. The molecule has 0 aliphatic rings. The Bertz CT molecular complexity index is 219. The zero-order valence-electron chi connectivity index (χ0n) is 8.30. The van der Waals surface area contributed by atoms with Crippen LogP contribution in [-0.2, 0) is 0 Å². The summed E-state index contributed by atoms with van der Waals surface area (Å²) in [6.45, 7) is 7.43. The SMILES string of the molecule is C=C(/C=C(\C)NC(C)=[N-])CCCO. The monoisotopic (exact) mass is 181 g/mol. The Balaban J connectivity index is 3.91. The molecule has 3 heteroatoms. The lowest BCUT2D eigenvalue weighted by Crippen LogP contribution is -2.15. The van der Waals surface area contributed by atoms with Gasteiger partial charge in [-0.05, 0) is 26.7 Å². The molecule has 0 aromatic rings. The molecule has 0 unspecified atom stereocenters. The Kier molecular flexibility index (Phi) is 5.89. The van der Waals surface area contributed by atoms with E-state index in [0.717, 1.165) is 24.1 Å². The van der Waals surface area contributed by atoms with E-state index in [-0.39, 0.29) is 12.4 Å². The predicted molar refractivity (Wildman–Crippen MR) is 56.4 cm³/mol. The third-order valence-corrected chi connectivity index (χ3v) is 1.45. The van der Waals surface area contributed by atoms with Crippen LogP contribution in [0.15, 0.2) is 23.9 Å². The van der Waals surface area contributed by atoms with Gasteiger partial charge in [0.15, 0.2) is 0 Å². The lowest BCUT2D eigenvalue weighted by Gasteiger charge is -2.13. The average Bonchev–Trinajstić information content (AvgIpc) is 1.98. The summed E-state index contributed by atoms with van der Waals surface area (Å²) in [5, 5.41) is 20.2. The van der Waals surface area contributed by atoms with Gasteiger partial charge in [-0.1, -0.05) is 29.8 Å². The van der Waals surface area contributed by atoms with Gasteiger partial charge in [0.2, 0.25) is 0 Å². The van der Waals surface area contributed by atoms with Gasteiger partial charge in [-0.3, -0.25) is 0 Å². The van der Waals surface area contributed by atoms with Gasteiger partial charge in [-0.2, -0.15) is 0 Å². The fourth-order valence-electron chi connectivity index (χ4n) is 1.01. The minimum atomic E-state index is 0.170. The second-order valence-corrected chi connectivity index (χ2v) is 3.02. The van der Waals surface area contributed by atoms with Crippen LogP contribution in [-0.4, -0.2) is 17.5 Å². The maximum atomic E-state index is 8.91. The van der Waals surface area contributed by atoms with Gasteiger partial charge in [0, 0.05) is 6.61 Å². The molecule has 0 radical (unpaired) electrons. The largest absolute Gasteiger partial charge is 0.469 e. The number of allylic oxidation sites excluding steroid dienone is 3. The molecule has 0 aliphatic carbocycles. The maximum Gasteiger partial charge on any atom is 0.0434 e. The number of hydrogen-bond donors (Lipinski definition) is 2. The number of aliphatic hydroxyl groups is 1. The summed E-state index contributed by atoms with van der Waals surface area (Å²) >= 11 is 0. The fraction of sp³-hybridized carbons (Fsp3) is 0.500. The Morgan fingerprint density at radius 2 is 2.15 bits per heavy atom. The molecule has 0 fully saturated rings. The molecule has 0 saturated carbocycles.